The van der Waals surface area contributed by atoms with Gasteiger partial charge in [0.15, 0.2) is 0 Å². The van der Waals surface area contributed by atoms with Crippen LogP contribution in [-0.4, -0.2) is 35.3 Å². The maximum absolute atomic E-state index is 12.5. The molecule has 2 unspecified atom stereocenters. The second-order valence-corrected chi connectivity index (χ2v) is 5.23. The van der Waals surface area contributed by atoms with Gasteiger partial charge in [0, 0.05) is 13.0 Å². The van der Waals surface area contributed by atoms with E-state index < -0.39 is 12.1 Å². The van der Waals surface area contributed by atoms with Crippen LogP contribution in [0.1, 0.15) is 25.8 Å². The average Bonchev–Trinajstić information content (AvgIpc) is 2.51. The van der Waals surface area contributed by atoms with Crippen molar-refractivity contribution < 1.29 is 9.59 Å². The van der Waals surface area contributed by atoms with Gasteiger partial charge in [-0.25, -0.2) is 0 Å². The van der Waals surface area contributed by atoms with Gasteiger partial charge in [0.1, 0.15) is 12.1 Å². The van der Waals surface area contributed by atoms with E-state index in [1.54, 1.807) is 4.90 Å². The van der Waals surface area contributed by atoms with E-state index in [2.05, 4.69) is 5.32 Å². The van der Waals surface area contributed by atoms with Crippen molar-refractivity contribution in [3.8, 4) is 0 Å². The first-order valence-electron chi connectivity index (χ1n) is 7.43. The normalized spacial score (nSPS) is 22.7. The minimum absolute atomic E-state index is 0.0103. The number of hydrogen-bond acceptors (Lipinski definition) is 2. The molecule has 2 amide bonds. The summed E-state index contributed by atoms with van der Waals surface area (Å²) in [6.45, 7) is 4.31. The van der Waals surface area contributed by atoms with E-state index in [1.807, 2.05) is 56.3 Å². The molecule has 1 fully saturated rings. The van der Waals surface area contributed by atoms with Gasteiger partial charge in [-0.05, 0) is 18.9 Å². The van der Waals surface area contributed by atoms with Crippen LogP contribution in [0.5, 0.6) is 0 Å². The van der Waals surface area contributed by atoms with Crippen LogP contribution in [0.3, 0.4) is 0 Å². The average molecular weight is 286 g/mol. The Hall–Kier alpha value is -2.10. The first kappa shape index (κ1) is 15.3. The highest BCUT2D eigenvalue weighted by atomic mass is 16.2. The van der Waals surface area contributed by atoms with E-state index >= 15 is 0 Å². The smallest absolute Gasteiger partial charge is 0.246 e. The van der Waals surface area contributed by atoms with Crippen LogP contribution in [0.15, 0.2) is 42.5 Å². The van der Waals surface area contributed by atoms with E-state index in [1.165, 1.54) is 0 Å². The summed E-state index contributed by atoms with van der Waals surface area (Å²) in [6, 6.07) is 8.98. The fourth-order valence-electron chi connectivity index (χ4n) is 2.58. The van der Waals surface area contributed by atoms with Gasteiger partial charge in [0.2, 0.25) is 11.8 Å². The number of carbonyl (C=O) groups excluding carboxylic acids is 2. The summed E-state index contributed by atoms with van der Waals surface area (Å²) in [4.78, 5) is 26.5. The fraction of sp³-hybridized carbons (Fsp3) is 0.412. The largest absolute Gasteiger partial charge is 0.343 e. The number of hydrogen-bond donors (Lipinski definition) is 1. The van der Waals surface area contributed by atoms with Gasteiger partial charge >= 0.3 is 0 Å². The first-order valence-corrected chi connectivity index (χ1v) is 7.43. The minimum atomic E-state index is -0.432. The Kier molecular flexibility index (Phi) is 5.14. The number of nitrogens with one attached hydrogen (secondary N) is 1. The third kappa shape index (κ3) is 3.51. The highest BCUT2D eigenvalue weighted by molar-refractivity contribution is 5.97. The molecule has 4 heteroatoms. The van der Waals surface area contributed by atoms with Crippen molar-refractivity contribution in [2.24, 2.45) is 0 Å². The first-order chi connectivity index (χ1) is 10.2. The molecule has 1 heterocycles. The zero-order chi connectivity index (χ0) is 15.2. The van der Waals surface area contributed by atoms with Gasteiger partial charge in [-0.15, -0.1) is 0 Å². The van der Waals surface area contributed by atoms with Gasteiger partial charge < -0.3 is 10.2 Å². The molecule has 0 saturated carbocycles. The highest BCUT2D eigenvalue weighted by Gasteiger charge is 2.38. The number of benzene rings is 1. The van der Waals surface area contributed by atoms with E-state index in [0.29, 0.717) is 19.4 Å². The van der Waals surface area contributed by atoms with Crippen LogP contribution >= 0.6 is 0 Å². The summed E-state index contributed by atoms with van der Waals surface area (Å²) in [5.41, 5.74) is 1.06. The lowest BCUT2D eigenvalue weighted by atomic mass is 9.98. The Morgan fingerprint density at radius 3 is 2.57 bits per heavy atom. The topological polar surface area (TPSA) is 49.4 Å². The summed E-state index contributed by atoms with van der Waals surface area (Å²) < 4.78 is 0. The van der Waals surface area contributed by atoms with Crippen molar-refractivity contribution in [3.05, 3.63) is 48.0 Å². The van der Waals surface area contributed by atoms with E-state index in [9.17, 15) is 9.59 Å². The molecular formula is C17H22N2O2. The van der Waals surface area contributed by atoms with Crippen molar-refractivity contribution in [2.45, 2.75) is 38.8 Å². The van der Waals surface area contributed by atoms with Gasteiger partial charge in [0.05, 0.1) is 0 Å². The molecule has 1 N–H and O–H groups in total. The molecule has 1 aromatic carbocycles. The second-order valence-electron chi connectivity index (χ2n) is 5.23. The molecule has 21 heavy (non-hydrogen) atoms. The molecule has 0 spiro atoms. The van der Waals surface area contributed by atoms with Crippen molar-refractivity contribution in [3.63, 3.8) is 0 Å². The summed E-state index contributed by atoms with van der Waals surface area (Å²) in [5.74, 6) is -0.0501. The Morgan fingerprint density at radius 1 is 1.24 bits per heavy atom. The van der Waals surface area contributed by atoms with Crippen LogP contribution in [0.4, 0.5) is 0 Å². The maximum Gasteiger partial charge on any atom is 0.246 e. The van der Waals surface area contributed by atoms with Crippen molar-refractivity contribution >= 4 is 11.8 Å². The van der Waals surface area contributed by atoms with E-state index in [-0.39, 0.29) is 11.8 Å². The van der Waals surface area contributed by atoms with Gasteiger partial charge in [-0.3, -0.25) is 9.59 Å². The Balaban J connectivity index is 2.22. The molecule has 2 rings (SSSR count). The predicted molar refractivity (Wildman–Crippen MR) is 82.7 cm³/mol. The SMILES string of the molecule is C/C=C/CN1C(=O)C(CC)NC(=O)C1Cc1ccccc1. The number of allylic oxidation sites excluding steroid dienone is 1. The predicted octanol–water partition coefficient (Wildman–Crippen LogP) is 1.91. The number of amides is 2. The molecule has 4 nitrogen and oxygen atoms in total. The molecule has 0 aromatic heterocycles. The molecule has 1 aliphatic rings. The van der Waals surface area contributed by atoms with Crippen LogP contribution in [-0.2, 0) is 16.0 Å². The minimum Gasteiger partial charge on any atom is -0.343 e. The third-order valence-corrected chi connectivity index (χ3v) is 3.79. The van der Waals surface area contributed by atoms with E-state index in [0.717, 1.165) is 5.56 Å². The molecule has 112 valence electrons. The van der Waals surface area contributed by atoms with Crippen molar-refractivity contribution in [2.75, 3.05) is 6.54 Å². The lowest BCUT2D eigenvalue weighted by Crippen LogP contribution is -2.63. The number of rotatable bonds is 5. The molecule has 1 saturated heterocycles. The van der Waals surface area contributed by atoms with Crippen LogP contribution in [0.2, 0.25) is 0 Å². The van der Waals surface area contributed by atoms with Gasteiger partial charge in [0.25, 0.3) is 0 Å². The lowest BCUT2D eigenvalue weighted by Gasteiger charge is -2.38. The fourth-order valence-corrected chi connectivity index (χ4v) is 2.58. The number of carbonyl (C=O) groups is 2. The summed E-state index contributed by atoms with van der Waals surface area (Å²) >= 11 is 0. The molecule has 2 atom stereocenters. The monoisotopic (exact) mass is 286 g/mol. The van der Waals surface area contributed by atoms with Gasteiger partial charge in [-0.2, -0.15) is 0 Å². The Labute approximate surface area is 125 Å². The second kappa shape index (κ2) is 7.07. The standard InChI is InChI=1S/C17H22N2O2/c1-3-5-11-19-15(12-13-9-7-6-8-10-13)16(20)18-14(4-2)17(19)21/h3,5-10,14-15H,4,11-12H2,1-2H3,(H,18,20)/b5-3+. The number of piperazine rings is 1. The highest BCUT2D eigenvalue weighted by Crippen LogP contribution is 2.16. The summed E-state index contributed by atoms with van der Waals surface area (Å²) in [6.07, 6.45) is 4.99. The molecule has 0 radical (unpaired) electrons. The van der Waals surface area contributed by atoms with Crippen LogP contribution < -0.4 is 5.32 Å². The maximum atomic E-state index is 12.5. The Morgan fingerprint density at radius 2 is 1.95 bits per heavy atom. The zero-order valence-corrected chi connectivity index (χ0v) is 12.6. The summed E-state index contributed by atoms with van der Waals surface area (Å²) in [5, 5.41) is 2.84. The molecule has 0 bridgehead atoms. The van der Waals surface area contributed by atoms with Crippen LogP contribution in [0.25, 0.3) is 0 Å². The Bertz CT molecular complexity index is 525. The lowest BCUT2D eigenvalue weighted by molar-refractivity contribution is -0.148. The molecule has 1 aliphatic heterocycles. The molecule has 0 aliphatic carbocycles. The van der Waals surface area contributed by atoms with Crippen molar-refractivity contribution in [1.29, 1.82) is 0 Å². The molecular weight excluding hydrogens is 264 g/mol. The molecule has 1 aromatic rings. The third-order valence-electron chi connectivity index (χ3n) is 3.79. The van der Waals surface area contributed by atoms with Crippen molar-refractivity contribution in [1.82, 2.24) is 10.2 Å². The zero-order valence-electron chi connectivity index (χ0n) is 12.6. The quantitative estimate of drug-likeness (QED) is 0.841. The summed E-state index contributed by atoms with van der Waals surface area (Å²) in [7, 11) is 0. The van der Waals surface area contributed by atoms with Crippen LogP contribution in [0, 0.1) is 0 Å². The van der Waals surface area contributed by atoms with Gasteiger partial charge in [-0.1, -0.05) is 49.4 Å². The van der Waals surface area contributed by atoms with E-state index in [4.69, 9.17) is 0 Å². The number of nitrogens with zero attached hydrogens (tertiary/aromatic N) is 1.